The average Bonchev–Trinajstić information content (AvgIpc) is 2.48. The summed E-state index contributed by atoms with van der Waals surface area (Å²) < 4.78 is 5.28. The molecule has 1 aliphatic rings. The van der Waals surface area contributed by atoms with Crippen LogP contribution in [0.25, 0.3) is 0 Å². The van der Waals surface area contributed by atoms with Crippen molar-refractivity contribution in [2.45, 2.75) is 12.6 Å². The monoisotopic (exact) mass is 275 g/mol. The summed E-state index contributed by atoms with van der Waals surface area (Å²) in [6.07, 6.45) is -0.382. The third-order valence-electron chi connectivity index (χ3n) is 3.34. The Balaban J connectivity index is 1.68. The number of nitriles is 1. The number of hydrogen-bond donors (Lipinski definition) is 2. The molecule has 0 amide bonds. The highest BCUT2D eigenvalue weighted by atomic mass is 16.5. The molecule has 0 radical (unpaired) electrons. The molecule has 0 saturated carbocycles. The molecule has 2 rings (SSSR count). The maximum Gasteiger partial charge on any atom is 0.0991 e. The number of rotatable bonds is 6. The van der Waals surface area contributed by atoms with Crippen molar-refractivity contribution in [1.29, 1.82) is 5.26 Å². The fraction of sp³-hybridized carbons (Fsp3) is 0.533. The molecule has 1 unspecified atom stereocenters. The van der Waals surface area contributed by atoms with E-state index in [1.165, 1.54) is 0 Å². The van der Waals surface area contributed by atoms with Crippen LogP contribution >= 0.6 is 0 Å². The first kappa shape index (κ1) is 14.9. The van der Waals surface area contributed by atoms with Gasteiger partial charge in [-0.3, -0.25) is 4.90 Å². The van der Waals surface area contributed by atoms with E-state index in [0.717, 1.165) is 31.9 Å². The molecule has 1 aromatic carbocycles. The van der Waals surface area contributed by atoms with Gasteiger partial charge in [0, 0.05) is 32.7 Å². The zero-order valence-corrected chi connectivity index (χ0v) is 11.6. The molecular formula is C15H21N3O2. The second kappa shape index (κ2) is 7.98. The van der Waals surface area contributed by atoms with Gasteiger partial charge in [0.2, 0.25) is 0 Å². The maximum atomic E-state index is 9.98. The molecule has 1 saturated heterocycles. The Morgan fingerprint density at radius 3 is 2.95 bits per heavy atom. The number of ether oxygens (including phenoxy) is 1. The average molecular weight is 275 g/mol. The van der Waals surface area contributed by atoms with E-state index in [1.807, 2.05) is 18.2 Å². The van der Waals surface area contributed by atoms with Gasteiger partial charge in [-0.25, -0.2) is 0 Å². The van der Waals surface area contributed by atoms with E-state index in [-0.39, 0.29) is 6.10 Å². The third kappa shape index (κ3) is 4.91. The van der Waals surface area contributed by atoms with E-state index in [4.69, 9.17) is 10.00 Å². The largest absolute Gasteiger partial charge is 0.390 e. The highest BCUT2D eigenvalue weighted by Gasteiger charge is 2.14. The fourth-order valence-corrected chi connectivity index (χ4v) is 2.28. The van der Waals surface area contributed by atoms with Crippen LogP contribution in [0, 0.1) is 11.3 Å². The zero-order valence-electron chi connectivity index (χ0n) is 11.6. The van der Waals surface area contributed by atoms with Gasteiger partial charge in [0.1, 0.15) is 0 Å². The molecule has 0 aromatic heterocycles. The van der Waals surface area contributed by atoms with Gasteiger partial charge >= 0.3 is 0 Å². The summed E-state index contributed by atoms with van der Waals surface area (Å²) >= 11 is 0. The summed E-state index contributed by atoms with van der Waals surface area (Å²) in [6.45, 7) is 5.17. The molecule has 2 N–H and O–H groups in total. The Bertz CT molecular complexity index is 453. The van der Waals surface area contributed by atoms with Crippen LogP contribution in [-0.4, -0.2) is 55.5 Å². The fourth-order valence-electron chi connectivity index (χ4n) is 2.28. The van der Waals surface area contributed by atoms with Crippen molar-refractivity contribution in [2.24, 2.45) is 0 Å². The number of nitrogens with zero attached hydrogens (tertiary/aromatic N) is 2. The van der Waals surface area contributed by atoms with Crippen molar-refractivity contribution in [2.75, 3.05) is 39.4 Å². The normalized spacial score (nSPS) is 17.6. The van der Waals surface area contributed by atoms with E-state index >= 15 is 0 Å². The molecule has 108 valence electrons. The topological polar surface area (TPSA) is 68.5 Å². The van der Waals surface area contributed by atoms with E-state index in [1.54, 1.807) is 6.07 Å². The van der Waals surface area contributed by atoms with Gasteiger partial charge in [-0.1, -0.05) is 12.1 Å². The summed E-state index contributed by atoms with van der Waals surface area (Å²) in [5.41, 5.74) is 1.72. The SMILES string of the molecule is N#Cc1cccc(CNCC(O)CN2CCOCC2)c1. The van der Waals surface area contributed by atoms with E-state index < -0.39 is 0 Å². The number of hydrogen-bond acceptors (Lipinski definition) is 5. The van der Waals surface area contributed by atoms with Gasteiger partial charge in [-0.05, 0) is 17.7 Å². The van der Waals surface area contributed by atoms with Crippen molar-refractivity contribution >= 4 is 0 Å². The second-order valence-corrected chi connectivity index (χ2v) is 5.01. The third-order valence-corrected chi connectivity index (χ3v) is 3.34. The van der Waals surface area contributed by atoms with E-state index in [0.29, 0.717) is 25.2 Å². The van der Waals surface area contributed by atoms with Crippen LogP contribution in [0.2, 0.25) is 0 Å². The predicted octanol–water partition coefficient (Wildman–Crippen LogP) is 0.341. The Hall–Kier alpha value is -1.45. The van der Waals surface area contributed by atoms with Gasteiger partial charge in [-0.2, -0.15) is 5.26 Å². The molecule has 1 fully saturated rings. The lowest BCUT2D eigenvalue weighted by molar-refractivity contribution is 0.0149. The summed E-state index contributed by atoms with van der Waals surface area (Å²) in [5.74, 6) is 0. The number of benzene rings is 1. The molecule has 1 aliphatic heterocycles. The zero-order chi connectivity index (χ0) is 14.2. The van der Waals surface area contributed by atoms with E-state index in [9.17, 15) is 5.11 Å². The molecule has 1 heterocycles. The lowest BCUT2D eigenvalue weighted by atomic mass is 10.1. The Morgan fingerprint density at radius 1 is 1.40 bits per heavy atom. The molecule has 20 heavy (non-hydrogen) atoms. The lowest BCUT2D eigenvalue weighted by Gasteiger charge is -2.28. The minimum Gasteiger partial charge on any atom is -0.390 e. The molecule has 0 bridgehead atoms. The highest BCUT2D eigenvalue weighted by Crippen LogP contribution is 2.04. The van der Waals surface area contributed by atoms with Crippen LogP contribution in [0.1, 0.15) is 11.1 Å². The Kier molecular flexibility index (Phi) is 5.96. The first-order chi connectivity index (χ1) is 9.78. The van der Waals surface area contributed by atoms with Crippen LogP contribution < -0.4 is 5.32 Å². The van der Waals surface area contributed by atoms with Crippen molar-refractivity contribution in [3.05, 3.63) is 35.4 Å². The number of aliphatic hydroxyl groups excluding tert-OH is 1. The smallest absolute Gasteiger partial charge is 0.0991 e. The number of β-amino-alcohol motifs (C(OH)–C–C–N with tert-alkyl or cyclic N) is 1. The van der Waals surface area contributed by atoms with Gasteiger partial charge < -0.3 is 15.2 Å². The van der Waals surface area contributed by atoms with Gasteiger partial charge in [0.15, 0.2) is 0 Å². The lowest BCUT2D eigenvalue weighted by Crippen LogP contribution is -2.43. The van der Waals surface area contributed by atoms with Crippen LogP contribution in [0.3, 0.4) is 0 Å². The summed E-state index contributed by atoms with van der Waals surface area (Å²) in [7, 11) is 0. The molecule has 5 nitrogen and oxygen atoms in total. The van der Waals surface area contributed by atoms with Crippen LogP contribution in [0.15, 0.2) is 24.3 Å². The van der Waals surface area contributed by atoms with Crippen molar-refractivity contribution in [1.82, 2.24) is 10.2 Å². The molecule has 1 aromatic rings. The van der Waals surface area contributed by atoms with Crippen LogP contribution in [-0.2, 0) is 11.3 Å². The van der Waals surface area contributed by atoms with E-state index in [2.05, 4.69) is 16.3 Å². The molecule has 1 atom stereocenters. The van der Waals surface area contributed by atoms with Gasteiger partial charge in [-0.15, -0.1) is 0 Å². The Labute approximate surface area is 119 Å². The quantitative estimate of drug-likeness (QED) is 0.783. The molecule has 5 heteroatoms. The first-order valence-corrected chi connectivity index (χ1v) is 6.96. The maximum absolute atomic E-state index is 9.98. The predicted molar refractivity (Wildman–Crippen MR) is 76.1 cm³/mol. The van der Waals surface area contributed by atoms with Gasteiger partial charge in [0.05, 0.1) is 31.0 Å². The summed E-state index contributed by atoms with van der Waals surface area (Å²) in [5, 5.41) is 22.0. The molecule has 0 spiro atoms. The van der Waals surface area contributed by atoms with Gasteiger partial charge in [0.25, 0.3) is 0 Å². The number of morpholine rings is 1. The van der Waals surface area contributed by atoms with Crippen molar-refractivity contribution < 1.29 is 9.84 Å². The second-order valence-electron chi connectivity index (χ2n) is 5.01. The van der Waals surface area contributed by atoms with Crippen molar-refractivity contribution in [3.63, 3.8) is 0 Å². The standard InChI is InChI=1S/C15H21N3O2/c16-9-13-2-1-3-14(8-13)10-17-11-15(19)12-18-4-6-20-7-5-18/h1-3,8,15,17,19H,4-7,10-12H2. The first-order valence-electron chi connectivity index (χ1n) is 6.96. The van der Waals surface area contributed by atoms with Crippen LogP contribution in [0.4, 0.5) is 0 Å². The Morgan fingerprint density at radius 2 is 2.20 bits per heavy atom. The highest BCUT2D eigenvalue weighted by molar-refractivity contribution is 5.32. The molecule has 0 aliphatic carbocycles. The van der Waals surface area contributed by atoms with Crippen LogP contribution in [0.5, 0.6) is 0 Å². The number of aliphatic hydroxyl groups is 1. The summed E-state index contributed by atoms with van der Waals surface area (Å²) in [6, 6.07) is 9.63. The minimum absolute atomic E-state index is 0.382. The van der Waals surface area contributed by atoms with Crippen molar-refractivity contribution in [3.8, 4) is 6.07 Å². The summed E-state index contributed by atoms with van der Waals surface area (Å²) in [4.78, 5) is 2.21. The number of nitrogens with one attached hydrogen (secondary N) is 1. The molecular weight excluding hydrogens is 254 g/mol. The minimum atomic E-state index is -0.382.